The van der Waals surface area contributed by atoms with E-state index in [1.54, 1.807) is 0 Å². The molecule has 1 N–H and O–H groups in total. The van der Waals surface area contributed by atoms with E-state index in [1.165, 1.54) is 6.08 Å². The fourth-order valence-electron chi connectivity index (χ4n) is 0.402. The molecular formula is C6H8O3. The summed E-state index contributed by atoms with van der Waals surface area (Å²) >= 11 is 0. The van der Waals surface area contributed by atoms with Gasteiger partial charge < -0.3 is 5.11 Å². The number of aliphatic carboxylic acids is 1. The quantitative estimate of drug-likeness (QED) is 0.445. The maximum atomic E-state index is 10.4. The van der Waals surface area contributed by atoms with Crippen LogP contribution in [0.3, 0.4) is 0 Å². The zero-order chi connectivity index (χ0) is 7.28. The third-order valence-electron chi connectivity index (χ3n) is 0.720. The predicted molar refractivity (Wildman–Crippen MR) is 32.1 cm³/mol. The number of carboxylic acid groups (broad SMARTS) is 1. The molecule has 0 saturated heterocycles. The number of ketones is 1. The Labute approximate surface area is 53.0 Å². The Morgan fingerprint density at radius 3 is 2.44 bits per heavy atom. The molecule has 0 spiro atoms. The zero-order valence-corrected chi connectivity index (χ0v) is 4.96. The van der Waals surface area contributed by atoms with Crippen molar-refractivity contribution < 1.29 is 14.7 Å². The summed E-state index contributed by atoms with van der Waals surface area (Å²) in [5.74, 6) is -1.39. The Balaban J connectivity index is 3.50. The normalized spacial score (nSPS) is 8.44. The number of hydrogen-bond donors (Lipinski definition) is 1. The maximum Gasteiger partial charge on any atom is 0.310 e. The minimum atomic E-state index is -1.08. The molecule has 3 nitrogen and oxygen atoms in total. The van der Waals surface area contributed by atoms with Crippen molar-refractivity contribution in [2.75, 3.05) is 0 Å². The van der Waals surface area contributed by atoms with Crippen molar-refractivity contribution in [3.8, 4) is 0 Å². The maximum absolute atomic E-state index is 10.4. The lowest BCUT2D eigenvalue weighted by Gasteiger charge is -1.87. The van der Waals surface area contributed by atoms with E-state index in [1.807, 2.05) is 0 Å². The van der Waals surface area contributed by atoms with Crippen molar-refractivity contribution in [3.63, 3.8) is 0 Å². The van der Waals surface area contributed by atoms with Crippen LogP contribution >= 0.6 is 0 Å². The van der Waals surface area contributed by atoms with Crippen LogP contribution in [0.2, 0.25) is 0 Å². The SMILES string of the molecule is C=CCC(=O)CC(=O)O. The van der Waals surface area contributed by atoms with Crippen LogP contribution in [0.15, 0.2) is 12.7 Å². The Hall–Kier alpha value is -1.12. The molecule has 0 amide bonds. The molecule has 3 heteroatoms. The van der Waals surface area contributed by atoms with Crippen LogP contribution in [0.5, 0.6) is 0 Å². The second-order valence-electron chi connectivity index (χ2n) is 1.60. The fourth-order valence-corrected chi connectivity index (χ4v) is 0.402. The van der Waals surface area contributed by atoms with Gasteiger partial charge in [0.2, 0.25) is 0 Å². The van der Waals surface area contributed by atoms with Crippen molar-refractivity contribution in [1.82, 2.24) is 0 Å². The van der Waals surface area contributed by atoms with Gasteiger partial charge in [-0.1, -0.05) is 6.08 Å². The van der Waals surface area contributed by atoms with Gasteiger partial charge in [0.1, 0.15) is 12.2 Å². The van der Waals surface area contributed by atoms with Crippen LogP contribution < -0.4 is 0 Å². The third kappa shape index (κ3) is 4.74. The van der Waals surface area contributed by atoms with Gasteiger partial charge in [0.25, 0.3) is 0 Å². The summed E-state index contributed by atoms with van der Waals surface area (Å²) in [5.41, 5.74) is 0. The first kappa shape index (κ1) is 7.88. The molecule has 0 aromatic heterocycles. The van der Waals surface area contributed by atoms with Gasteiger partial charge in [-0.15, -0.1) is 6.58 Å². The molecule has 9 heavy (non-hydrogen) atoms. The summed E-state index contributed by atoms with van der Waals surface area (Å²) in [6.45, 7) is 3.29. The van der Waals surface area contributed by atoms with E-state index in [0.717, 1.165) is 0 Å². The standard InChI is InChI=1S/C6H8O3/c1-2-3-5(7)4-6(8)9/h2H,1,3-4H2,(H,8,9). The monoisotopic (exact) mass is 128 g/mol. The first-order chi connectivity index (χ1) is 4.16. The van der Waals surface area contributed by atoms with Gasteiger partial charge in [0.15, 0.2) is 0 Å². The van der Waals surface area contributed by atoms with Crippen LogP contribution in [0.1, 0.15) is 12.8 Å². The summed E-state index contributed by atoms with van der Waals surface area (Å²) in [4.78, 5) is 20.2. The largest absolute Gasteiger partial charge is 0.481 e. The smallest absolute Gasteiger partial charge is 0.310 e. The summed E-state index contributed by atoms with van der Waals surface area (Å²) in [5, 5.41) is 8.06. The van der Waals surface area contributed by atoms with E-state index in [0.29, 0.717) is 0 Å². The lowest BCUT2D eigenvalue weighted by molar-refractivity contribution is -0.140. The van der Waals surface area contributed by atoms with E-state index in [-0.39, 0.29) is 12.2 Å². The molecule has 0 unspecified atom stereocenters. The predicted octanol–water partition coefficient (Wildman–Crippen LogP) is 0.606. The average molecular weight is 128 g/mol. The number of allylic oxidation sites excluding steroid dienone is 1. The first-order valence-corrected chi connectivity index (χ1v) is 2.51. The number of rotatable bonds is 4. The number of Topliss-reactive ketones (excluding diaryl/α,β-unsaturated/α-hetero) is 1. The van der Waals surface area contributed by atoms with Gasteiger partial charge in [-0.3, -0.25) is 9.59 Å². The van der Waals surface area contributed by atoms with Gasteiger partial charge >= 0.3 is 5.97 Å². The lowest BCUT2D eigenvalue weighted by Crippen LogP contribution is -2.04. The Bertz CT molecular complexity index is 137. The lowest BCUT2D eigenvalue weighted by atomic mass is 10.2. The van der Waals surface area contributed by atoms with E-state index in [4.69, 9.17) is 5.11 Å². The second-order valence-corrected chi connectivity index (χ2v) is 1.60. The number of carboxylic acids is 1. The summed E-state index contributed by atoms with van der Waals surface area (Å²) in [6.07, 6.45) is 1.14. The Morgan fingerprint density at radius 2 is 2.11 bits per heavy atom. The van der Waals surface area contributed by atoms with Crippen molar-refractivity contribution in [1.29, 1.82) is 0 Å². The van der Waals surface area contributed by atoms with Crippen LogP contribution in [-0.2, 0) is 9.59 Å². The molecule has 0 aliphatic rings. The van der Waals surface area contributed by atoms with E-state index >= 15 is 0 Å². The van der Waals surface area contributed by atoms with Gasteiger partial charge in [-0.2, -0.15) is 0 Å². The molecule has 0 radical (unpaired) electrons. The molecule has 0 aliphatic heterocycles. The van der Waals surface area contributed by atoms with Crippen molar-refractivity contribution in [2.24, 2.45) is 0 Å². The molecule has 0 atom stereocenters. The third-order valence-corrected chi connectivity index (χ3v) is 0.720. The number of carbonyl (C=O) groups excluding carboxylic acids is 1. The van der Waals surface area contributed by atoms with E-state index in [2.05, 4.69) is 6.58 Å². The fraction of sp³-hybridized carbons (Fsp3) is 0.333. The highest BCUT2D eigenvalue weighted by atomic mass is 16.4. The van der Waals surface area contributed by atoms with Gasteiger partial charge in [0.05, 0.1) is 0 Å². The highest BCUT2D eigenvalue weighted by Gasteiger charge is 2.03. The van der Waals surface area contributed by atoms with Crippen molar-refractivity contribution in [3.05, 3.63) is 12.7 Å². The molecule has 0 heterocycles. The molecule has 0 bridgehead atoms. The molecule has 0 rings (SSSR count). The minimum Gasteiger partial charge on any atom is -0.481 e. The summed E-state index contributed by atoms with van der Waals surface area (Å²) in [7, 11) is 0. The second kappa shape index (κ2) is 3.83. The van der Waals surface area contributed by atoms with Gasteiger partial charge in [-0.25, -0.2) is 0 Å². The van der Waals surface area contributed by atoms with Crippen LogP contribution in [-0.4, -0.2) is 16.9 Å². The number of carbonyl (C=O) groups is 2. The van der Waals surface area contributed by atoms with Crippen LogP contribution in [0.25, 0.3) is 0 Å². The molecule has 0 aliphatic carbocycles. The Kier molecular flexibility index (Phi) is 3.35. The molecule has 0 saturated carbocycles. The molecule has 0 aromatic carbocycles. The van der Waals surface area contributed by atoms with Crippen molar-refractivity contribution in [2.45, 2.75) is 12.8 Å². The number of hydrogen-bond acceptors (Lipinski definition) is 2. The first-order valence-electron chi connectivity index (χ1n) is 2.51. The summed E-state index contributed by atoms with van der Waals surface area (Å²) < 4.78 is 0. The van der Waals surface area contributed by atoms with E-state index < -0.39 is 12.4 Å². The van der Waals surface area contributed by atoms with Crippen LogP contribution in [0, 0.1) is 0 Å². The summed E-state index contributed by atoms with van der Waals surface area (Å²) in [6, 6.07) is 0. The molecule has 0 fully saturated rings. The van der Waals surface area contributed by atoms with E-state index in [9.17, 15) is 9.59 Å². The molecule has 0 aromatic rings. The van der Waals surface area contributed by atoms with Crippen LogP contribution in [0.4, 0.5) is 0 Å². The van der Waals surface area contributed by atoms with Gasteiger partial charge in [0, 0.05) is 6.42 Å². The molecular weight excluding hydrogens is 120 g/mol. The van der Waals surface area contributed by atoms with Crippen molar-refractivity contribution >= 4 is 11.8 Å². The minimum absolute atomic E-state index is 0.145. The Morgan fingerprint density at radius 1 is 1.56 bits per heavy atom. The molecule has 50 valence electrons. The highest BCUT2D eigenvalue weighted by Crippen LogP contribution is 1.89. The van der Waals surface area contributed by atoms with Gasteiger partial charge in [-0.05, 0) is 0 Å². The zero-order valence-electron chi connectivity index (χ0n) is 4.96. The topological polar surface area (TPSA) is 54.4 Å². The highest BCUT2D eigenvalue weighted by molar-refractivity contribution is 5.95. The average Bonchev–Trinajstić information content (AvgIpc) is 1.63.